The summed E-state index contributed by atoms with van der Waals surface area (Å²) in [4.78, 5) is 31.4. The first-order chi connectivity index (χ1) is 23.1. The van der Waals surface area contributed by atoms with Gasteiger partial charge >= 0.3 is 5.97 Å². The fraction of sp³-hybridized carbons (Fsp3) is 0.297. The van der Waals surface area contributed by atoms with Crippen LogP contribution in [0.25, 0.3) is 0 Å². The lowest BCUT2D eigenvalue weighted by Crippen LogP contribution is -2.72. The van der Waals surface area contributed by atoms with Crippen molar-refractivity contribution in [3.05, 3.63) is 135 Å². The van der Waals surface area contributed by atoms with Crippen molar-refractivity contribution in [3.8, 4) is 0 Å². The second-order valence-corrected chi connectivity index (χ2v) is 14.1. The lowest BCUT2D eigenvalue weighted by Gasteiger charge is -2.64. The predicted octanol–water partition coefficient (Wildman–Crippen LogP) is 8.43. The van der Waals surface area contributed by atoms with Crippen molar-refractivity contribution in [2.45, 2.75) is 47.9 Å². The minimum absolute atomic E-state index is 0.176. The average Bonchev–Trinajstić information content (AvgIpc) is 3.52. The van der Waals surface area contributed by atoms with Gasteiger partial charge in [-0.1, -0.05) is 96.0 Å². The number of nitrogens with zero attached hydrogens (tertiary/aromatic N) is 1. The summed E-state index contributed by atoms with van der Waals surface area (Å²) in [6.45, 7) is -2.03. The molecule has 4 aromatic rings. The molecule has 1 aliphatic carbocycles. The number of carbonyl (C=O) groups is 2. The van der Waals surface area contributed by atoms with Gasteiger partial charge in [0.05, 0.1) is 19.4 Å². The molecule has 48 heavy (non-hydrogen) atoms. The first-order valence-corrected chi connectivity index (χ1v) is 16.3. The van der Waals surface area contributed by atoms with E-state index in [0.717, 1.165) is 6.07 Å². The van der Waals surface area contributed by atoms with Crippen molar-refractivity contribution in [1.29, 1.82) is 0 Å². The SMILES string of the molecule is O=C1O[C@@H](c2ccccc2)[C@@H](c2ccccc2)N2[C@@H]1[C@H](c1ccc(F)c(Cl)c1F)[C@@]1(C(=O)Nc3cc(Cl)ccc31)C21CC(CF)(CF)C1. The lowest BCUT2D eigenvalue weighted by atomic mass is 9.45. The molecule has 0 aromatic heterocycles. The van der Waals surface area contributed by atoms with Crippen LogP contribution in [0.3, 0.4) is 0 Å². The van der Waals surface area contributed by atoms with Gasteiger partial charge in [0, 0.05) is 27.6 Å². The molecule has 3 aliphatic heterocycles. The molecule has 0 radical (unpaired) electrons. The Kier molecular flexibility index (Phi) is 7.22. The summed E-state index contributed by atoms with van der Waals surface area (Å²) in [7, 11) is 0. The average molecular weight is 696 g/mol. The van der Waals surface area contributed by atoms with Crippen molar-refractivity contribution in [2.24, 2.45) is 5.41 Å². The quantitative estimate of drug-likeness (QED) is 0.129. The Morgan fingerprint density at radius 3 is 2.12 bits per heavy atom. The number of anilines is 1. The fourth-order valence-electron chi connectivity index (χ4n) is 9.27. The highest BCUT2D eigenvalue weighted by molar-refractivity contribution is 6.31. The van der Waals surface area contributed by atoms with Gasteiger partial charge in [0.2, 0.25) is 5.91 Å². The molecule has 1 amide bonds. The number of cyclic esters (lactones) is 1. The van der Waals surface area contributed by atoms with E-state index in [4.69, 9.17) is 27.9 Å². The smallest absolute Gasteiger partial charge is 0.324 e. The third kappa shape index (κ3) is 4.01. The number of ether oxygens (including phenoxy) is 1. The molecule has 1 N–H and O–H groups in total. The molecule has 4 aromatic carbocycles. The minimum atomic E-state index is -1.81. The molecule has 3 fully saturated rings. The normalized spacial score (nSPS) is 28.1. The monoisotopic (exact) mass is 694 g/mol. The number of nitrogens with one attached hydrogen (secondary N) is 1. The molecule has 2 saturated heterocycles. The van der Waals surface area contributed by atoms with Gasteiger partial charge in [0.1, 0.15) is 34.2 Å². The zero-order valence-electron chi connectivity index (χ0n) is 25.2. The van der Waals surface area contributed by atoms with Crippen molar-refractivity contribution < 1.29 is 31.9 Å². The molecular weight excluding hydrogens is 667 g/mol. The molecule has 2 spiro atoms. The molecule has 246 valence electrons. The third-order valence-corrected chi connectivity index (χ3v) is 11.5. The van der Waals surface area contributed by atoms with E-state index in [2.05, 4.69) is 5.32 Å². The Hall–Kier alpha value is -3.92. The summed E-state index contributed by atoms with van der Waals surface area (Å²) < 4.78 is 67.2. The number of halogens is 6. The summed E-state index contributed by atoms with van der Waals surface area (Å²) in [6.07, 6.45) is -1.26. The number of morpholine rings is 1. The number of carbonyl (C=O) groups excluding carboxylic acids is 2. The van der Waals surface area contributed by atoms with Crippen molar-refractivity contribution in [2.75, 3.05) is 18.7 Å². The highest BCUT2D eigenvalue weighted by Crippen LogP contribution is 2.75. The van der Waals surface area contributed by atoms with E-state index < -0.39 is 82.4 Å². The lowest BCUT2D eigenvalue weighted by molar-refractivity contribution is -0.200. The highest BCUT2D eigenvalue weighted by atomic mass is 35.5. The standard InChI is InChI=1S/C37H28Cl2F4N2O3/c38-22-11-13-24-26(15-22)44-34(47)37(24)27(23-12-14-25(42)28(39)29(23)43)31-33(46)48-32(21-9-5-2-6-10-21)30(20-7-3-1-4-8-20)45(31)36(37)16-35(17-36,18-40)19-41/h1-15,27,30-32H,16-19H2,(H,44,47)/t27-,30+,31+,32-,37-/m0/s1. The number of benzene rings is 4. The second-order valence-electron chi connectivity index (χ2n) is 13.3. The number of amides is 1. The number of fused-ring (bicyclic) bond motifs is 5. The molecule has 1 saturated carbocycles. The van der Waals surface area contributed by atoms with E-state index in [1.54, 1.807) is 18.2 Å². The highest BCUT2D eigenvalue weighted by Gasteiger charge is 2.83. The van der Waals surface area contributed by atoms with Crippen LogP contribution < -0.4 is 5.32 Å². The predicted molar refractivity (Wildman–Crippen MR) is 172 cm³/mol. The van der Waals surface area contributed by atoms with E-state index in [0.29, 0.717) is 27.4 Å². The van der Waals surface area contributed by atoms with E-state index >= 15 is 4.39 Å². The van der Waals surface area contributed by atoms with Crippen LogP contribution in [-0.4, -0.2) is 41.7 Å². The van der Waals surface area contributed by atoms with Crippen LogP contribution in [0.5, 0.6) is 0 Å². The molecule has 5 nitrogen and oxygen atoms in total. The Labute approximate surface area is 283 Å². The Morgan fingerprint density at radius 2 is 1.48 bits per heavy atom. The van der Waals surface area contributed by atoms with Gasteiger partial charge in [0.15, 0.2) is 0 Å². The van der Waals surface area contributed by atoms with Crippen LogP contribution in [0.1, 0.15) is 53.2 Å². The van der Waals surface area contributed by atoms with Gasteiger partial charge in [0.25, 0.3) is 0 Å². The van der Waals surface area contributed by atoms with Gasteiger partial charge in [-0.15, -0.1) is 0 Å². The molecule has 3 heterocycles. The van der Waals surface area contributed by atoms with Crippen LogP contribution in [0.2, 0.25) is 10.0 Å². The van der Waals surface area contributed by atoms with Crippen LogP contribution in [0, 0.1) is 17.0 Å². The first kappa shape index (κ1) is 31.4. The van der Waals surface area contributed by atoms with Gasteiger partial charge in [-0.3, -0.25) is 23.3 Å². The zero-order valence-corrected chi connectivity index (χ0v) is 26.7. The summed E-state index contributed by atoms with van der Waals surface area (Å²) in [5.74, 6) is -4.86. The van der Waals surface area contributed by atoms with E-state index in [9.17, 15) is 22.8 Å². The Bertz CT molecular complexity index is 1950. The van der Waals surface area contributed by atoms with Crippen molar-refractivity contribution in [1.82, 2.24) is 4.90 Å². The summed E-state index contributed by atoms with van der Waals surface area (Å²) in [6, 6.07) is 23.1. The number of esters is 1. The van der Waals surface area contributed by atoms with E-state index in [1.165, 1.54) is 6.07 Å². The van der Waals surface area contributed by atoms with Gasteiger partial charge in [-0.05, 0) is 53.3 Å². The second kappa shape index (κ2) is 11.1. The Balaban J connectivity index is 1.49. The summed E-state index contributed by atoms with van der Waals surface area (Å²) >= 11 is 12.5. The van der Waals surface area contributed by atoms with Crippen molar-refractivity contribution >= 4 is 40.8 Å². The largest absolute Gasteiger partial charge is 0.454 e. The van der Waals surface area contributed by atoms with Crippen LogP contribution in [0.15, 0.2) is 91.0 Å². The topological polar surface area (TPSA) is 58.6 Å². The number of alkyl halides is 2. The summed E-state index contributed by atoms with van der Waals surface area (Å²) in [5, 5.41) is 2.42. The first-order valence-electron chi connectivity index (χ1n) is 15.6. The van der Waals surface area contributed by atoms with E-state index in [1.807, 2.05) is 65.6 Å². The Morgan fingerprint density at radius 1 is 0.833 bits per heavy atom. The molecular formula is C37H28Cl2F4N2O3. The molecule has 5 atom stereocenters. The van der Waals surface area contributed by atoms with Crippen molar-refractivity contribution in [3.63, 3.8) is 0 Å². The maximum absolute atomic E-state index is 16.4. The maximum atomic E-state index is 16.4. The third-order valence-electron chi connectivity index (χ3n) is 11.0. The number of hydrogen-bond donors (Lipinski definition) is 1. The van der Waals surface area contributed by atoms with E-state index in [-0.39, 0.29) is 18.4 Å². The van der Waals surface area contributed by atoms with Gasteiger partial charge in [-0.25, -0.2) is 8.78 Å². The van der Waals surface area contributed by atoms with Crippen LogP contribution >= 0.6 is 23.2 Å². The maximum Gasteiger partial charge on any atom is 0.324 e. The molecule has 11 heteroatoms. The molecule has 8 rings (SSSR count). The summed E-state index contributed by atoms with van der Waals surface area (Å²) in [5.41, 5.74) is -2.84. The van der Waals surface area contributed by atoms with Gasteiger partial charge in [-0.2, -0.15) is 0 Å². The fourth-order valence-corrected chi connectivity index (χ4v) is 9.61. The molecule has 4 aliphatic rings. The number of rotatable bonds is 5. The number of hydrogen-bond acceptors (Lipinski definition) is 4. The molecule has 0 unspecified atom stereocenters. The zero-order chi connectivity index (χ0) is 33.6. The van der Waals surface area contributed by atoms with Gasteiger partial charge < -0.3 is 10.1 Å². The van der Waals surface area contributed by atoms with Crippen LogP contribution in [0.4, 0.5) is 23.2 Å². The minimum Gasteiger partial charge on any atom is -0.454 e. The molecule has 0 bridgehead atoms. The van der Waals surface area contributed by atoms with Crippen LogP contribution in [-0.2, 0) is 19.7 Å².